The normalized spacial score (nSPS) is 16.6. The van der Waals surface area contributed by atoms with Gasteiger partial charge in [0.1, 0.15) is 0 Å². The van der Waals surface area contributed by atoms with Crippen LogP contribution < -0.4 is 5.32 Å². The molecule has 1 aromatic heterocycles. The molecule has 1 aliphatic heterocycles. The van der Waals surface area contributed by atoms with Crippen LogP contribution in [0.3, 0.4) is 0 Å². The topological polar surface area (TPSA) is 68.5 Å². The first-order valence-electron chi connectivity index (χ1n) is 8.27. The van der Waals surface area contributed by atoms with Gasteiger partial charge in [0, 0.05) is 30.4 Å². The molecule has 1 unspecified atom stereocenters. The van der Waals surface area contributed by atoms with E-state index in [0.29, 0.717) is 6.42 Å². The van der Waals surface area contributed by atoms with Gasteiger partial charge >= 0.3 is 0 Å². The highest BCUT2D eigenvalue weighted by Gasteiger charge is 2.30. The van der Waals surface area contributed by atoms with Gasteiger partial charge in [-0.25, -0.2) is 0 Å². The highest BCUT2D eigenvalue weighted by atomic mass is 16.6. The molecule has 0 bridgehead atoms. The summed E-state index contributed by atoms with van der Waals surface area (Å²) in [6.07, 6.45) is 2.77. The van der Waals surface area contributed by atoms with Gasteiger partial charge in [-0.1, -0.05) is 24.2 Å². The van der Waals surface area contributed by atoms with E-state index >= 15 is 0 Å². The number of anilines is 1. The molecule has 2 heterocycles. The largest absolute Gasteiger partial charge is 0.382 e. The lowest BCUT2D eigenvalue weighted by Crippen LogP contribution is -2.28. The van der Waals surface area contributed by atoms with Crippen LogP contribution in [-0.4, -0.2) is 27.5 Å². The van der Waals surface area contributed by atoms with E-state index in [1.807, 2.05) is 49.0 Å². The first kappa shape index (κ1) is 16.2. The molecule has 0 saturated carbocycles. The minimum absolute atomic E-state index is 0.182. The quantitative estimate of drug-likeness (QED) is 0.918. The van der Waals surface area contributed by atoms with Gasteiger partial charge in [-0.15, -0.1) is 0 Å². The van der Waals surface area contributed by atoms with Crippen LogP contribution in [0.4, 0.5) is 5.69 Å². The Bertz CT molecular complexity index is 762. The summed E-state index contributed by atoms with van der Waals surface area (Å²) in [6, 6.07) is 7.83. The lowest BCUT2D eigenvalue weighted by molar-refractivity contribution is -0.125. The van der Waals surface area contributed by atoms with Crippen LogP contribution in [0, 0.1) is 6.92 Å². The third-order valence-corrected chi connectivity index (χ3v) is 4.17. The lowest BCUT2D eigenvalue weighted by atomic mass is 10.1. The molecule has 1 atom stereocenters. The first-order chi connectivity index (χ1) is 11.6. The van der Waals surface area contributed by atoms with Crippen molar-refractivity contribution in [2.24, 2.45) is 5.16 Å². The molecule has 6 nitrogen and oxygen atoms in total. The van der Waals surface area contributed by atoms with Crippen molar-refractivity contribution >= 4 is 17.3 Å². The Morgan fingerprint density at radius 1 is 1.33 bits per heavy atom. The van der Waals surface area contributed by atoms with E-state index in [0.717, 1.165) is 35.6 Å². The zero-order chi connectivity index (χ0) is 17.1. The van der Waals surface area contributed by atoms with Crippen molar-refractivity contribution in [3.8, 4) is 0 Å². The van der Waals surface area contributed by atoms with Crippen molar-refractivity contribution in [3.63, 3.8) is 0 Å². The number of hydrogen-bond donors (Lipinski definition) is 1. The molecule has 0 saturated heterocycles. The van der Waals surface area contributed by atoms with Crippen molar-refractivity contribution < 1.29 is 9.63 Å². The predicted molar refractivity (Wildman–Crippen MR) is 93.1 cm³/mol. The van der Waals surface area contributed by atoms with Gasteiger partial charge in [0.25, 0.3) is 5.91 Å². The molecule has 1 N–H and O–H groups in total. The van der Waals surface area contributed by atoms with Crippen LogP contribution in [0.5, 0.6) is 0 Å². The molecule has 0 spiro atoms. The predicted octanol–water partition coefficient (Wildman–Crippen LogP) is 2.91. The number of nitrogens with one attached hydrogen (secondary N) is 1. The van der Waals surface area contributed by atoms with E-state index in [1.165, 1.54) is 5.56 Å². The summed E-state index contributed by atoms with van der Waals surface area (Å²) in [6.45, 7) is 6.87. The highest BCUT2D eigenvalue weighted by molar-refractivity contribution is 6.06. The smallest absolute Gasteiger partial charge is 0.268 e. The monoisotopic (exact) mass is 326 g/mol. The van der Waals surface area contributed by atoms with Crippen molar-refractivity contribution in [1.82, 2.24) is 9.78 Å². The van der Waals surface area contributed by atoms with Crippen molar-refractivity contribution in [2.45, 2.75) is 46.3 Å². The standard InChI is InChI=1S/C18H22N4O2/c1-4-13-6-8-14(9-7-13)19-18(23)17-10-16(21-24-17)15-11-22(5-2)20-12(15)3/h6-9,11,17H,4-5,10H2,1-3H3,(H,19,23). The fourth-order valence-corrected chi connectivity index (χ4v) is 2.69. The van der Waals surface area contributed by atoms with Crippen LogP contribution in [0.2, 0.25) is 0 Å². The zero-order valence-electron chi connectivity index (χ0n) is 14.2. The number of rotatable bonds is 5. The second-order valence-corrected chi connectivity index (χ2v) is 5.86. The molecule has 1 aliphatic rings. The summed E-state index contributed by atoms with van der Waals surface area (Å²) < 4.78 is 1.86. The van der Waals surface area contributed by atoms with E-state index in [4.69, 9.17) is 4.84 Å². The van der Waals surface area contributed by atoms with Crippen LogP contribution >= 0.6 is 0 Å². The fraction of sp³-hybridized carbons (Fsp3) is 0.389. The maximum atomic E-state index is 12.4. The van der Waals surface area contributed by atoms with E-state index in [9.17, 15) is 4.79 Å². The Labute approximate surface area is 141 Å². The Balaban J connectivity index is 1.63. The van der Waals surface area contributed by atoms with E-state index in [1.54, 1.807) is 0 Å². The Morgan fingerprint density at radius 3 is 2.71 bits per heavy atom. The minimum Gasteiger partial charge on any atom is -0.382 e. The molecular formula is C18H22N4O2. The number of carbonyl (C=O) groups excluding carboxylic acids is 1. The number of benzene rings is 1. The van der Waals surface area contributed by atoms with E-state index < -0.39 is 6.10 Å². The number of carbonyl (C=O) groups is 1. The Kier molecular flexibility index (Phi) is 4.64. The number of aromatic nitrogens is 2. The fourth-order valence-electron chi connectivity index (χ4n) is 2.69. The number of nitrogens with zero attached hydrogens (tertiary/aromatic N) is 3. The molecule has 0 fully saturated rings. The highest BCUT2D eigenvalue weighted by Crippen LogP contribution is 2.20. The summed E-state index contributed by atoms with van der Waals surface area (Å²) in [5.41, 5.74) is 4.62. The second kappa shape index (κ2) is 6.86. The molecule has 126 valence electrons. The van der Waals surface area contributed by atoms with Crippen LogP contribution in [-0.2, 0) is 22.6 Å². The molecule has 6 heteroatoms. The van der Waals surface area contributed by atoms with Crippen LogP contribution in [0.1, 0.15) is 37.1 Å². The molecule has 2 aromatic rings. The van der Waals surface area contributed by atoms with Crippen LogP contribution in [0.25, 0.3) is 0 Å². The Morgan fingerprint density at radius 2 is 2.08 bits per heavy atom. The SMILES string of the molecule is CCc1ccc(NC(=O)C2CC(c3cn(CC)nc3C)=NO2)cc1. The van der Waals surface area contributed by atoms with Crippen LogP contribution in [0.15, 0.2) is 35.6 Å². The van der Waals surface area contributed by atoms with Crippen molar-refractivity contribution in [2.75, 3.05) is 5.32 Å². The molecular weight excluding hydrogens is 304 g/mol. The van der Waals surface area contributed by atoms with Gasteiger partial charge in [0.15, 0.2) is 0 Å². The summed E-state index contributed by atoms with van der Waals surface area (Å²) in [5.74, 6) is -0.182. The van der Waals surface area contributed by atoms with E-state index in [2.05, 4.69) is 22.5 Å². The summed E-state index contributed by atoms with van der Waals surface area (Å²) in [7, 11) is 0. The number of aryl methyl sites for hydroxylation is 3. The summed E-state index contributed by atoms with van der Waals surface area (Å²) >= 11 is 0. The number of hydrogen-bond acceptors (Lipinski definition) is 4. The molecule has 1 aromatic carbocycles. The summed E-state index contributed by atoms with van der Waals surface area (Å²) in [4.78, 5) is 17.7. The van der Waals surface area contributed by atoms with Gasteiger partial charge in [-0.05, 0) is 38.0 Å². The Hall–Kier alpha value is -2.63. The molecule has 24 heavy (non-hydrogen) atoms. The third kappa shape index (κ3) is 3.32. The first-order valence-corrected chi connectivity index (χ1v) is 8.27. The van der Waals surface area contributed by atoms with Gasteiger partial charge in [-0.2, -0.15) is 5.10 Å². The van der Waals surface area contributed by atoms with Gasteiger partial charge < -0.3 is 10.2 Å². The van der Waals surface area contributed by atoms with Crippen molar-refractivity contribution in [3.05, 3.63) is 47.3 Å². The summed E-state index contributed by atoms with van der Waals surface area (Å²) in [5, 5.41) is 11.4. The number of oxime groups is 1. The van der Waals surface area contributed by atoms with Crippen molar-refractivity contribution in [1.29, 1.82) is 0 Å². The molecule has 3 rings (SSSR count). The maximum Gasteiger partial charge on any atom is 0.268 e. The van der Waals surface area contributed by atoms with Gasteiger partial charge in [0.05, 0.1) is 11.4 Å². The molecule has 0 radical (unpaired) electrons. The third-order valence-electron chi connectivity index (χ3n) is 4.17. The van der Waals surface area contributed by atoms with E-state index in [-0.39, 0.29) is 5.91 Å². The molecule has 1 amide bonds. The number of amides is 1. The molecule has 0 aliphatic carbocycles. The second-order valence-electron chi connectivity index (χ2n) is 5.86. The maximum absolute atomic E-state index is 12.4. The minimum atomic E-state index is -0.602. The zero-order valence-corrected chi connectivity index (χ0v) is 14.2. The van der Waals surface area contributed by atoms with Gasteiger partial charge in [0.2, 0.25) is 6.10 Å². The van der Waals surface area contributed by atoms with Gasteiger partial charge in [-0.3, -0.25) is 9.48 Å². The lowest BCUT2D eigenvalue weighted by Gasteiger charge is -2.09. The average molecular weight is 326 g/mol. The average Bonchev–Trinajstić information content (AvgIpc) is 3.22.